The summed E-state index contributed by atoms with van der Waals surface area (Å²) in [7, 11) is 0.810. The molecule has 4 aromatic carbocycles. The van der Waals surface area contributed by atoms with Crippen LogP contribution in [0.2, 0.25) is 18.1 Å². The van der Waals surface area contributed by atoms with E-state index in [1.54, 1.807) is 26.5 Å². The average Bonchev–Trinajstić information content (AvgIpc) is 3.51. The van der Waals surface area contributed by atoms with Crippen LogP contribution in [-0.2, 0) is 30.9 Å². The van der Waals surface area contributed by atoms with Crippen molar-refractivity contribution in [1.29, 1.82) is 0 Å². The number of nitrogen functional groups attached to an aromatic ring is 1. The molecular formula is C43H52N4O7Si. The minimum Gasteiger partial charge on any atom is -0.497 e. The van der Waals surface area contributed by atoms with Crippen LogP contribution in [0.15, 0.2) is 126 Å². The van der Waals surface area contributed by atoms with Gasteiger partial charge in [0.2, 0.25) is 0 Å². The van der Waals surface area contributed by atoms with Crippen LogP contribution >= 0.6 is 0 Å². The van der Waals surface area contributed by atoms with Gasteiger partial charge in [0.1, 0.15) is 35.1 Å². The van der Waals surface area contributed by atoms with E-state index in [0.717, 1.165) is 33.8 Å². The van der Waals surface area contributed by atoms with Gasteiger partial charge >= 0.3 is 5.69 Å². The van der Waals surface area contributed by atoms with E-state index in [2.05, 4.69) is 56.5 Å². The van der Waals surface area contributed by atoms with Gasteiger partial charge in [0.25, 0.3) is 0 Å². The van der Waals surface area contributed by atoms with Crippen LogP contribution in [0, 0.1) is 0 Å². The van der Waals surface area contributed by atoms with Crippen molar-refractivity contribution in [3.05, 3.63) is 154 Å². The maximum atomic E-state index is 13.4. The number of hydroxylamine groups is 1. The lowest BCUT2D eigenvalue weighted by Gasteiger charge is -2.41. The van der Waals surface area contributed by atoms with Gasteiger partial charge in [-0.25, -0.2) is 4.79 Å². The fraction of sp³-hybridized carbons (Fsp3) is 0.349. The Morgan fingerprint density at radius 3 is 1.87 bits per heavy atom. The van der Waals surface area contributed by atoms with Crippen LogP contribution in [0.5, 0.6) is 11.5 Å². The third-order valence-corrected chi connectivity index (χ3v) is 15.1. The number of aromatic nitrogens is 2. The first-order chi connectivity index (χ1) is 26.4. The molecule has 6 rings (SSSR count). The summed E-state index contributed by atoms with van der Waals surface area (Å²) < 4.78 is 34.0. The van der Waals surface area contributed by atoms with Crippen LogP contribution in [0.1, 0.15) is 49.3 Å². The molecule has 1 aromatic heterocycles. The van der Waals surface area contributed by atoms with Crippen molar-refractivity contribution in [3.8, 4) is 11.5 Å². The van der Waals surface area contributed by atoms with E-state index >= 15 is 0 Å². The molecule has 0 spiro atoms. The highest BCUT2D eigenvalue weighted by Gasteiger charge is 2.52. The number of methoxy groups -OCH3 is 2. The number of nitrogens with zero attached hydrogens (tertiary/aromatic N) is 2. The number of nitrogens with two attached hydrogens (primary N) is 1. The molecule has 4 atom stereocenters. The Hall–Kier alpha value is -4.82. The van der Waals surface area contributed by atoms with E-state index in [-0.39, 0.29) is 24.1 Å². The van der Waals surface area contributed by atoms with Crippen LogP contribution in [-0.4, -0.2) is 56.9 Å². The van der Waals surface area contributed by atoms with Gasteiger partial charge in [-0.1, -0.05) is 106 Å². The van der Waals surface area contributed by atoms with Crippen molar-refractivity contribution < 1.29 is 28.2 Å². The van der Waals surface area contributed by atoms with E-state index in [1.807, 2.05) is 97.1 Å². The molecule has 1 fully saturated rings. The van der Waals surface area contributed by atoms with Gasteiger partial charge in [-0.05, 0) is 70.7 Å². The molecule has 0 unspecified atom stereocenters. The first-order valence-electron chi connectivity index (χ1n) is 18.4. The summed E-state index contributed by atoms with van der Waals surface area (Å²) in [5.41, 5.74) is 11.2. The molecule has 0 saturated carbocycles. The van der Waals surface area contributed by atoms with Crippen molar-refractivity contribution in [2.24, 2.45) is 0 Å². The van der Waals surface area contributed by atoms with Crippen molar-refractivity contribution in [2.45, 2.75) is 75.6 Å². The lowest BCUT2D eigenvalue weighted by molar-refractivity contribution is -0.0948. The zero-order valence-corrected chi connectivity index (χ0v) is 33.6. The van der Waals surface area contributed by atoms with Crippen molar-refractivity contribution in [3.63, 3.8) is 0 Å². The zero-order valence-electron chi connectivity index (χ0n) is 32.6. The SMILES string of the molecule is COc1ccc(C(OC[C@H]2O[C@@H](n3ccc(N)nc3=O)[C@H](NOCc3ccccc3)[C@@H]2O[Si](C)(C)C(C)(C)C)(c2ccccc2)c2ccc(OC)cc2)cc1. The topological polar surface area (TPSA) is 128 Å². The highest BCUT2D eigenvalue weighted by Crippen LogP contribution is 2.45. The smallest absolute Gasteiger partial charge is 0.351 e. The first-order valence-corrected chi connectivity index (χ1v) is 21.3. The van der Waals surface area contributed by atoms with Gasteiger partial charge in [0, 0.05) is 6.20 Å². The molecular weight excluding hydrogens is 713 g/mol. The van der Waals surface area contributed by atoms with Crippen molar-refractivity contribution in [1.82, 2.24) is 15.0 Å². The Morgan fingerprint density at radius 1 is 0.800 bits per heavy atom. The van der Waals surface area contributed by atoms with Gasteiger partial charge in [-0.3, -0.25) is 9.40 Å². The Morgan fingerprint density at radius 2 is 1.35 bits per heavy atom. The summed E-state index contributed by atoms with van der Waals surface area (Å²) in [5, 5.41) is -0.147. The minimum atomic E-state index is -2.48. The maximum absolute atomic E-state index is 13.4. The minimum absolute atomic E-state index is 0.0662. The first kappa shape index (κ1) is 39.9. The fourth-order valence-corrected chi connectivity index (χ4v) is 7.93. The van der Waals surface area contributed by atoms with E-state index in [4.69, 9.17) is 33.9 Å². The Balaban J connectivity index is 1.46. The lowest BCUT2D eigenvalue weighted by Crippen LogP contribution is -2.54. The fourth-order valence-electron chi connectivity index (χ4n) is 6.60. The van der Waals surface area contributed by atoms with E-state index in [0.29, 0.717) is 0 Å². The second-order valence-corrected chi connectivity index (χ2v) is 19.9. The number of benzene rings is 4. The van der Waals surface area contributed by atoms with Crippen molar-refractivity contribution in [2.75, 3.05) is 26.6 Å². The highest BCUT2D eigenvalue weighted by molar-refractivity contribution is 6.74. The summed E-state index contributed by atoms with van der Waals surface area (Å²) in [4.78, 5) is 23.6. The molecule has 55 heavy (non-hydrogen) atoms. The van der Waals surface area contributed by atoms with E-state index in [1.165, 1.54) is 4.57 Å². The lowest BCUT2D eigenvalue weighted by atomic mass is 9.80. The molecule has 1 saturated heterocycles. The number of hydrogen-bond acceptors (Lipinski definition) is 10. The molecule has 3 N–H and O–H groups in total. The maximum Gasteiger partial charge on any atom is 0.351 e. The van der Waals surface area contributed by atoms with E-state index < -0.39 is 44.1 Å². The molecule has 11 nitrogen and oxygen atoms in total. The summed E-state index contributed by atoms with van der Waals surface area (Å²) in [5.74, 6) is 1.55. The summed E-state index contributed by atoms with van der Waals surface area (Å²) in [6, 6.07) is 36.6. The molecule has 0 amide bonds. The molecule has 0 aliphatic carbocycles. The Kier molecular flexibility index (Phi) is 12.2. The second kappa shape index (κ2) is 16.9. The van der Waals surface area contributed by atoms with Gasteiger partial charge in [-0.15, -0.1) is 0 Å². The van der Waals surface area contributed by atoms with Crippen molar-refractivity contribution >= 4 is 14.1 Å². The summed E-state index contributed by atoms with van der Waals surface area (Å²) >= 11 is 0. The molecule has 0 bridgehead atoms. The Bertz CT molecular complexity index is 1990. The monoisotopic (exact) mass is 764 g/mol. The predicted octanol–water partition coefficient (Wildman–Crippen LogP) is 7.23. The largest absolute Gasteiger partial charge is 0.497 e. The summed E-state index contributed by atoms with van der Waals surface area (Å²) in [6.07, 6.45) is -0.586. The number of hydrogen-bond donors (Lipinski definition) is 2. The van der Waals surface area contributed by atoms with Crippen LogP contribution in [0.25, 0.3) is 0 Å². The molecule has 5 aromatic rings. The molecule has 1 aliphatic rings. The number of nitrogens with one attached hydrogen (secondary N) is 1. The quantitative estimate of drug-likeness (QED) is 0.0641. The normalized spacial score (nSPS) is 19.0. The highest BCUT2D eigenvalue weighted by atomic mass is 28.4. The van der Waals surface area contributed by atoms with Gasteiger partial charge < -0.3 is 29.1 Å². The molecule has 0 radical (unpaired) electrons. The number of ether oxygens (including phenoxy) is 4. The second-order valence-electron chi connectivity index (χ2n) is 15.2. The molecule has 1 aliphatic heterocycles. The molecule has 290 valence electrons. The average molecular weight is 765 g/mol. The van der Waals surface area contributed by atoms with Crippen LogP contribution < -0.4 is 26.4 Å². The standard InChI is InChI=1S/C43H52N4O7Si/c1-42(2,3)55(6,7)54-39-36(53-40(47-27-26-37(44)45-41(47)48)38(39)46-52-28-30-14-10-8-11-15-30)29-51-43(31-16-12-9-13-17-31,32-18-22-34(49-4)23-19-32)33-20-24-35(50-5)25-21-33/h8-27,36,38-40,46H,28-29H2,1-7H3,(H2,44,45,48)/t36-,38-,39-,40-/m1/s1. The molecule has 2 heterocycles. The Labute approximate surface area is 324 Å². The number of rotatable bonds is 15. The molecule has 12 heteroatoms. The van der Waals surface area contributed by atoms with Crippen LogP contribution in [0.4, 0.5) is 5.82 Å². The third kappa shape index (κ3) is 8.70. The van der Waals surface area contributed by atoms with E-state index in [9.17, 15) is 4.79 Å². The zero-order chi connectivity index (χ0) is 39.2. The third-order valence-electron chi connectivity index (χ3n) is 10.6. The van der Waals surface area contributed by atoms with Gasteiger partial charge in [0.05, 0.1) is 33.5 Å². The van der Waals surface area contributed by atoms with Gasteiger partial charge in [-0.2, -0.15) is 10.5 Å². The van der Waals surface area contributed by atoms with Crippen LogP contribution in [0.3, 0.4) is 0 Å². The summed E-state index contributed by atoms with van der Waals surface area (Å²) in [6.45, 7) is 11.3. The number of anilines is 1. The van der Waals surface area contributed by atoms with Gasteiger partial charge in [0.15, 0.2) is 14.5 Å². The predicted molar refractivity (Wildman–Crippen MR) is 215 cm³/mol.